The van der Waals surface area contributed by atoms with Crippen molar-refractivity contribution in [2.75, 3.05) is 6.54 Å². The van der Waals surface area contributed by atoms with Crippen molar-refractivity contribution in [1.82, 2.24) is 20.1 Å². The van der Waals surface area contributed by atoms with Gasteiger partial charge in [-0.2, -0.15) is 5.10 Å². The van der Waals surface area contributed by atoms with Gasteiger partial charge in [0, 0.05) is 24.2 Å². The topological polar surface area (TPSA) is 52.0 Å². The molecular formula is C15H21FN4O. The lowest BCUT2D eigenvalue weighted by Crippen LogP contribution is -2.18. The van der Waals surface area contributed by atoms with Crippen molar-refractivity contribution in [2.45, 2.75) is 40.0 Å². The molecule has 1 aromatic carbocycles. The molecule has 114 valence electrons. The Balaban J connectivity index is 2.03. The van der Waals surface area contributed by atoms with E-state index in [0.717, 1.165) is 18.9 Å². The van der Waals surface area contributed by atoms with E-state index in [1.54, 1.807) is 16.8 Å². The largest absolute Gasteiger partial charge is 0.486 e. The van der Waals surface area contributed by atoms with Crippen molar-refractivity contribution >= 4 is 0 Å². The van der Waals surface area contributed by atoms with Crippen LogP contribution in [0.3, 0.4) is 0 Å². The van der Waals surface area contributed by atoms with E-state index < -0.39 is 0 Å². The lowest BCUT2D eigenvalue weighted by Gasteiger charge is -2.14. The minimum absolute atomic E-state index is 0.0211. The zero-order valence-corrected chi connectivity index (χ0v) is 12.6. The third kappa shape index (κ3) is 3.78. The molecule has 0 aliphatic carbocycles. The van der Waals surface area contributed by atoms with Crippen molar-refractivity contribution in [3.05, 3.63) is 41.7 Å². The highest BCUT2D eigenvalue weighted by molar-refractivity contribution is 5.30. The molecule has 0 amide bonds. The summed E-state index contributed by atoms with van der Waals surface area (Å²) in [6.07, 6.45) is 1.49. The van der Waals surface area contributed by atoms with Crippen LogP contribution in [-0.2, 0) is 13.2 Å². The Kier molecular flexibility index (Phi) is 5.27. The molecule has 21 heavy (non-hydrogen) atoms. The van der Waals surface area contributed by atoms with Gasteiger partial charge in [-0.3, -0.25) is 0 Å². The average Bonchev–Trinajstić information content (AvgIpc) is 2.92. The van der Waals surface area contributed by atoms with E-state index in [1.165, 1.54) is 12.4 Å². The van der Waals surface area contributed by atoms with Gasteiger partial charge < -0.3 is 10.1 Å². The molecule has 0 bridgehead atoms. The smallest absolute Gasteiger partial charge is 0.164 e. The van der Waals surface area contributed by atoms with Crippen LogP contribution in [0.5, 0.6) is 5.75 Å². The first kappa shape index (κ1) is 15.4. The molecule has 1 aromatic heterocycles. The number of nitrogens with zero attached hydrogens (tertiary/aromatic N) is 3. The van der Waals surface area contributed by atoms with Gasteiger partial charge in [0.15, 0.2) is 5.82 Å². The fourth-order valence-electron chi connectivity index (χ4n) is 2.18. The highest BCUT2D eigenvalue weighted by atomic mass is 19.1. The van der Waals surface area contributed by atoms with Crippen LogP contribution in [0.4, 0.5) is 4.39 Å². The molecule has 6 heteroatoms. The molecule has 1 unspecified atom stereocenters. The van der Waals surface area contributed by atoms with Gasteiger partial charge in [0.25, 0.3) is 0 Å². The number of halogens is 1. The Bertz CT molecular complexity index is 585. The van der Waals surface area contributed by atoms with Crippen LogP contribution in [0, 0.1) is 5.82 Å². The molecule has 0 saturated carbocycles. The van der Waals surface area contributed by atoms with E-state index in [-0.39, 0.29) is 18.5 Å². The molecule has 2 rings (SSSR count). The van der Waals surface area contributed by atoms with Crippen molar-refractivity contribution in [2.24, 2.45) is 0 Å². The van der Waals surface area contributed by atoms with Crippen LogP contribution in [0.25, 0.3) is 0 Å². The monoisotopic (exact) mass is 292 g/mol. The van der Waals surface area contributed by atoms with E-state index in [2.05, 4.69) is 15.4 Å². The Labute approximate surface area is 124 Å². The first-order chi connectivity index (χ1) is 10.2. The van der Waals surface area contributed by atoms with Crippen LogP contribution in [0.2, 0.25) is 0 Å². The number of aromatic nitrogens is 3. The van der Waals surface area contributed by atoms with Gasteiger partial charge in [0.1, 0.15) is 24.5 Å². The molecule has 0 spiro atoms. The number of hydrogen-bond acceptors (Lipinski definition) is 4. The van der Waals surface area contributed by atoms with E-state index in [4.69, 9.17) is 4.74 Å². The lowest BCUT2D eigenvalue weighted by atomic mass is 10.1. The van der Waals surface area contributed by atoms with Gasteiger partial charge in [-0.25, -0.2) is 14.1 Å². The molecule has 1 N–H and O–H groups in total. The summed E-state index contributed by atoms with van der Waals surface area (Å²) in [4.78, 5) is 4.12. The van der Waals surface area contributed by atoms with Crippen LogP contribution < -0.4 is 10.1 Å². The standard InChI is InChI=1S/C15H21FN4O/c1-4-17-11(3)13-7-6-12(8-14(13)16)21-9-15-18-10-19-20(15)5-2/h6-8,10-11,17H,4-5,9H2,1-3H3. The summed E-state index contributed by atoms with van der Waals surface area (Å²) < 4.78 is 21.4. The summed E-state index contributed by atoms with van der Waals surface area (Å²) in [5.74, 6) is 0.950. The highest BCUT2D eigenvalue weighted by Crippen LogP contribution is 2.22. The molecule has 0 aliphatic rings. The first-order valence-corrected chi connectivity index (χ1v) is 7.18. The van der Waals surface area contributed by atoms with Gasteiger partial charge in [0.05, 0.1) is 0 Å². The second-order valence-electron chi connectivity index (χ2n) is 4.74. The normalized spacial score (nSPS) is 12.4. The number of benzene rings is 1. The number of rotatable bonds is 7. The maximum atomic E-state index is 14.1. The summed E-state index contributed by atoms with van der Waals surface area (Å²) in [7, 11) is 0. The van der Waals surface area contributed by atoms with E-state index in [0.29, 0.717) is 11.3 Å². The van der Waals surface area contributed by atoms with E-state index >= 15 is 0 Å². The predicted molar refractivity (Wildman–Crippen MR) is 78.5 cm³/mol. The van der Waals surface area contributed by atoms with Gasteiger partial charge >= 0.3 is 0 Å². The van der Waals surface area contributed by atoms with Crippen LogP contribution in [0.1, 0.15) is 38.2 Å². The molecule has 0 radical (unpaired) electrons. The zero-order valence-electron chi connectivity index (χ0n) is 12.6. The molecule has 2 aromatic rings. The summed E-state index contributed by atoms with van der Waals surface area (Å²) in [5, 5.41) is 7.25. The predicted octanol–water partition coefficient (Wildman–Crippen LogP) is 2.69. The highest BCUT2D eigenvalue weighted by Gasteiger charge is 2.11. The summed E-state index contributed by atoms with van der Waals surface area (Å²) in [5.41, 5.74) is 0.640. The van der Waals surface area contributed by atoms with Crippen LogP contribution >= 0.6 is 0 Å². The summed E-state index contributed by atoms with van der Waals surface area (Å²) >= 11 is 0. The molecule has 1 heterocycles. The Morgan fingerprint density at radius 2 is 2.19 bits per heavy atom. The quantitative estimate of drug-likeness (QED) is 0.852. The van der Waals surface area contributed by atoms with Crippen LogP contribution in [0.15, 0.2) is 24.5 Å². The Hall–Kier alpha value is -1.95. The van der Waals surface area contributed by atoms with Crippen molar-refractivity contribution in [3.8, 4) is 5.75 Å². The fourth-order valence-corrected chi connectivity index (χ4v) is 2.18. The SMILES string of the molecule is CCNC(C)c1ccc(OCc2ncnn2CC)cc1F. The summed E-state index contributed by atoms with van der Waals surface area (Å²) in [6, 6.07) is 4.92. The average molecular weight is 292 g/mol. The third-order valence-electron chi connectivity index (χ3n) is 3.31. The van der Waals surface area contributed by atoms with Gasteiger partial charge in [0.2, 0.25) is 0 Å². The first-order valence-electron chi connectivity index (χ1n) is 7.18. The number of nitrogens with one attached hydrogen (secondary N) is 1. The fraction of sp³-hybridized carbons (Fsp3) is 0.467. The minimum Gasteiger partial charge on any atom is -0.486 e. The molecule has 0 fully saturated rings. The molecule has 0 aliphatic heterocycles. The third-order valence-corrected chi connectivity index (χ3v) is 3.31. The van der Waals surface area contributed by atoms with Crippen molar-refractivity contribution in [3.63, 3.8) is 0 Å². The maximum Gasteiger partial charge on any atom is 0.164 e. The van der Waals surface area contributed by atoms with Crippen molar-refractivity contribution < 1.29 is 9.13 Å². The number of ether oxygens (including phenoxy) is 1. The van der Waals surface area contributed by atoms with Crippen LogP contribution in [-0.4, -0.2) is 21.3 Å². The molecule has 1 atom stereocenters. The second kappa shape index (κ2) is 7.17. The number of aryl methyl sites for hydroxylation is 1. The van der Waals surface area contributed by atoms with Gasteiger partial charge in [-0.1, -0.05) is 13.0 Å². The lowest BCUT2D eigenvalue weighted by molar-refractivity contribution is 0.285. The second-order valence-corrected chi connectivity index (χ2v) is 4.74. The summed E-state index contributed by atoms with van der Waals surface area (Å²) in [6.45, 7) is 7.71. The molecule has 0 saturated heterocycles. The Morgan fingerprint density at radius 1 is 1.38 bits per heavy atom. The minimum atomic E-state index is -0.266. The number of hydrogen-bond donors (Lipinski definition) is 1. The van der Waals surface area contributed by atoms with Gasteiger partial charge in [-0.15, -0.1) is 0 Å². The molecular weight excluding hydrogens is 271 g/mol. The molecule has 5 nitrogen and oxygen atoms in total. The van der Waals surface area contributed by atoms with E-state index in [9.17, 15) is 4.39 Å². The van der Waals surface area contributed by atoms with Gasteiger partial charge in [-0.05, 0) is 26.5 Å². The maximum absolute atomic E-state index is 14.1. The Morgan fingerprint density at radius 3 is 2.86 bits per heavy atom. The van der Waals surface area contributed by atoms with Crippen molar-refractivity contribution in [1.29, 1.82) is 0 Å². The van der Waals surface area contributed by atoms with E-state index in [1.807, 2.05) is 20.8 Å². The zero-order chi connectivity index (χ0) is 15.2.